The van der Waals surface area contributed by atoms with Crippen LogP contribution in [0.4, 0.5) is 4.79 Å². The highest BCUT2D eigenvalue weighted by molar-refractivity contribution is 5.92. The van der Waals surface area contributed by atoms with Gasteiger partial charge in [0.25, 0.3) is 0 Å². The molecule has 3 aromatic carbocycles. The first-order chi connectivity index (χ1) is 22.0. The number of esters is 1. The minimum absolute atomic E-state index is 0.0879. The van der Waals surface area contributed by atoms with Gasteiger partial charge in [-0.3, -0.25) is 4.90 Å². The summed E-state index contributed by atoms with van der Waals surface area (Å²) in [5.41, 5.74) is 2.55. The molecule has 4 aliphatic heterocycles. The Kier molecular flexibility index (Phi) is 10.1. The average Bonchev–Trinajstić information content (AvgIpc) is 3.59. The van der Waals surface area contributed by atoms with Gasteiger partial charge in [0.15, 0.2) is 6.29 Å². The first kappa shape index (κ1) is 30.9. The van der Waals surface area contributed by atoms with Crippen LogP contribution in [0, 0.1) is 5.92 Å². The standard InChI is InChI=1S/C35H40N2O8/c38-30-20-24(11-12-29(30)34(39)43-17-5-10-32-41-18-19-42-32)23-44-28-9-4-8-27(21-28)33(26-6-2-1-3-7-26)36-35(40)45-31-22-37-15-13-25(31)14-16-37/h1-4,6-9,11-12,20-21,25,31-33,38H,5,10,13-19,22-23H2,(H,36,40)/t31-,33-/m0/s1. The summed E-state index contributed by atoms with van der Waals surface area (Å²) in [6.07, 6.45) is 2.61. The maximum atomic E-state index is 13.1. The van der Waals surface area contributed by atoms with Crippen molar-refractivity contribution < 1.29 is 38.4 Å². The zero-order valence-electron chi connectivity index (χ0n) is 25.3. The van der Waals surface area contributed by atoms with Crippen LogP contribution in [-0.4, -0.2) is 73.9 Å². The molecule has 4 heterocycles. The molecule has 4 aliphatic rings. The predicted octanol–water partition coefficient (Wildman–Crippen LogP) is 5.19. The molecule has 3 aromatic rings. The normalized spacial score (nSPS) is 21.6. The maximum absolute atomic E-state index is 13.1. The molecule has 0 spiro atoms. The Morgan fingerprint density at radius 1 is 0.956 bits per heavy atom. The van der Waals surface area contributed by atoms with Crippen molar-refractivity contribution in [3.8, 4) is 11.5 Å². The summed E-state index contributed by atoms with van der Waals surface area (Å²) in [7, 11) is 0. The zero-order valence-corrected chi connectivity index (χ0v) is 25.3. The Hall–Kier alpha value is -4.12. The van der Waals surface area contributed by atoms with Gasteiger partial charge in [-0.05, 0) is 79.2 Å². The summed E-state index contributed by atoms with van der Waals surface area (Å²) in [6.45, 7) is 4.49. The lowest BCUT2D eigenvalue weighted by molar-refractivity contribution is -0.0505. The minimum atomic E-state index is -0.590. The van der Waals surface area contributed by atoms with Crippen molar-refractivity contribution >= 4 is 12.1 Å². The van der Waals surface area contributed by atoms with Crippen LogP contribution in [0.15, 0.2) is 72.8 Å². The van der Waals surface area contributed by atoms with Gasteiger partial charge in [-0.1, -0.05) is 48.5 Å². The molecule has 2 N–H and O–H groups in total. The number of phenolic OH excluding ortho intramolecular Hbond substituents is 1. The number of carbonyl (C=O) groups excluding carboxylic acids is 2. The van der Waals surface area contributed by atoms with Crippen LogP contribution >= 0.6 is 0 Å². The van der Waals surface area contributed by atoms with E-state index in [9.17, 15) is 14.7 Å². The lowest BCUT2D eigenvalue weighted by atomic mass is 9.86. The monoisotopic (exact) mass is 616 g/mol. The number of nitrogens with zero attached hydrogens (tertiary/aromatic N) is 1. The molecule has 0 aromatic heterocycles. The first-order valence-electron chi connectivity index (χ1n) is 15.7. The number of hydrogen-bond donors (Lipinski definition) is 2. The summed E-state index contributed by atoms with van der Waals surface area (Å²) in [6, 6.07) is 21.6. The van der Waals surface area contributed by atoms with Gasteiger partial charge in [-0.25, -0.2) is 9.59 Å². The Morgan fingerprint density at radius 2 is 1.73 bits per heavy atom. The second kappa shape index (κ2) is 14.8. The highest BCUT2D eigenvalue weighted by Gasteiger charge is 2.37. The second-order valence-electron chi connectivity index (χ2n) is 11.7. The van der Waals surface area contributed by atoms with Gasteiger partial charge in [0.2, 0.25) is 0 Å². The number of benzene rings is 3. The number of piperidine rings is 3. The van der Waals surface area contributed by atoms with E-state index in [1.807, 2.05) is 54.6 Å². The third-order valence-corrected chi connectivity index (χ3v) is 8.64. The fraction of sp³-hybridized carbons (Fsp3) is 0.429. The van der Waals surface area contributed by atoms with E-state index in [2.05, 4.69) is 10.2 Å². The number of nitrogens with one attached hydrogen (secondary N) is 1. The second-order valence-corrected chi connectivity index (χ2v) is 11.7. The Balaban J connectivity index is 1.05. The van der Waals surface area contributed by atoms with Crippen LogP contribution in [0.25, 0.3) is 0 Å². The van der Waals surface area contributed by atoms with E-state index in [0.717, 1.165) is 43.6 Å². The van der Waals surface area contributed by atoms with Crippen LogP contribution in [0.1, 0.15) is 58.8 Å². The lowest BCUT2D eigenvalue weighted by Crippen LogP contribution is -2.52. The van der Waals surface area contributed by atoms with Crippen LogP contribution in [0.3, 0.4) is 0 Å². The van der Waals surface area contributed by atoms with Crippen molar-refractivity contribution in [3.05, 3.63) is 95.1 Å². The molecular weight excluding hydrogens is 576 g/mol. The summed E-state index contributed by atoms with van der Waals surface area (Å²) >= 11 is 0. The maximum Gasteiger partial charge on any atom is 0.408 e. The molecule has 45 heavy (non-hydrogen) atoms. The summed E-state index contributed by atoms with van der Waals surface area (Å²) in [5, 5.41) is 13.6. The van der Waals surface area contributed by atoms with Crippen molar-refractivity contribution in [3.63, 3.8) is 0 Å². The fourth-order valence-corrected chi connectivity index (χ4v) is 6.19. The lowest BCUT2D eigenvalue weighted by Gasteiger charge is -2.43. The molecule has 4 fully saturated rings. The predicted molar refractivity (Wildman–Crippen MR) is 165 cm³/mol. The first-order valence-corrected chi connectivity index (χ1v) is 15.7. The fourth-order valence-electron chi connectivity index (χ4n) is 6.19. The van der Waals surface area contributed by atoms with E-state index >= 15 is 0 Å². The van der Waals surface area contributed by atoms with Gasteiger partial charge in [0, 0.05) is 13.0 Å². The van der Waals surface area contributed by atoms with Gasteiger partial charge in [-0.2, -0.15) is 0 Å². The van der Waals surface area contributed by atoms with Gasteiger partial charge in [-0.15, -0.1) is 0 Å². The number of fused-ring (bicyclic) bond motifs is 3. The van der Waals surface area contributed by atoms with Crippen molar-refractivity contribution in [2.45, 2.75) is 50.7 Å². The molecule has 238 valence electrons. The van der Waals surface area contributed by atoms with Crippen LogP contribution < -0.4 is 10.1 Å². The number of hydrogen-bond acceptors (Lipinski definition) is 9. The molecule has 2 bridgehead atoms. The average molecular weight is 617 g/mol. The van der Waals surface area contributed by atoms with Gasteiger partial charge in [0.1, 0.15) is 29.8 Å². The minimum Gasteiger partial charge on any atom is -0.507 e. The number of phenols is 1. The third-order valence-electron chi connectivity index (χ3n) is 8.64. The number of alkyl carbamates (subject to hydrolysis) is 1. The number of amides is 1. The zero-order chi connectivity index (χ0) is 31.0. The summed E-state index contributed by atoms with van der Waals surface area (Å²) in [5.74, 6) is 0.253. The number of ether oxygens (including phenoxy) is 5. The van der Waals surface area contributed by atoms with Gasteiger partial charge in [0.05, 0.1) is 25.9 Å². The molecule has 0 radical (unpaired) electrons. The third kappa shape index (κ3) is 8.13. The molecule has 0 unspecified atom stereocenters. The molecule has 7 rings (SSSR count). The molecule has 0 aliphatic carbocycles. The molecule has 0 saturated carbocycles. The SMILES string of the molecule is O=C(N[C@@H](c1ccccc1)c1cccc(OCc2ccc(C(=O)OCCCC3OCCO3)c(O)c2)c1)O[C@H]1CN2CCC1CC2. The van der Waals surface area contributed by atoms with E-state index < -0.39 is 18.1 Å². The number of aromatic hydroxyl groups is 1. The number of rotatable bonds is 12. The van der Waals surface area contributed by atoms with Crippen molar-refractivity contribution in [1.29, 1.82) is 0 Å². The van der Waals surface area contributed by atoms with E-state index in [0.29, 0.717) is 43.3 Å². The molecule has 10 nitrogen and oxygen atoms in total. The van der Waals surface area contributed by atoms with E-state index in [1.165, 1.54) is 12.1 Å². The van der Waals surface area contributed by atoms with Crippen molar-refractivity contribution in [1.82, 2.24) is 10.2 Å². The van der Waals surface area contributed by atoms with Gasteiger partial charge < -0.3 is 34.1 Å². The Labute approximate surface area is 263 Å². The quantitative estimate of drug-likeness (QED) is 0.210. The topological polar surface area (TPSA) is 116 Å². The Bertz CT molecular complexity index is 1440. The smallest absolute Gasteiger partial charge is 0.408 e. The summed E-state index contributed by atoms with van der Waals surface area (Å²) in [4.78, 5) is 28.0. The van der Waals surface area contributed by atoms with E-state index in [4.69, 9.17) is 23.7 Å². The van der Waals surface area contributed by atoms with E-state index in [1.54, 1.807) is 6.07 Å². The molecule has 4 saturated heterocycles. The highest BCUT2D eigenvalue weighted by atomic mass is 16.7. The molecule has 2 atom stereocenters. The van der Waals surface area contributed by atoms with Crippen LogP contribution in [-0.2, 0) is 25.6 Å². The summed E-state index contributed by atoms with van der Waals surface area (Å²) < 4.78 is 28.1. The van der Waals surface area contributed by atoms with Crippen molar-refractivity contribution in [2.24, 2.45) is 5.92 Å². The molecule has 1 amide bonds. The molecule has 10 heteroatoms. The highest BCUT2D eigenvalue weighted by Crippen LogP contribution is 2.31. The molecular formula is C35H40N2O8. The van der Waals surface area contributed by atoms with Crippen LogP contribution in [0.2, 0.25) is 0 Å². The largest absolute Gasteiger partial charge is 0.507 e. The van der Waals surface area contributed by atoms with E-state index in [-0.39, 0.29) is 36.9 Å². The Morgan fingerprint density at radius 3 is 2.47 bits per heavy atom. The van der Waals surface area contributed by atoms with Gasteiger partial charge >= 0.3 is 12.1 Å². The van der Waals surface area contributed by atoms with Crippen molar-refractivity contribution in [2.75, 3.05) is 39.5 Å². The number of carbonyl (C=O) groups is 2. The van der Waals surface area contributed by atoms with Crippen LogP contribution in [0.5, 0.6) is 11.5 Å².